The lowest BCUT2D eigenvalue weighted by Crippen LogP contribution is -2.48. The van der Waals surface area contributed by atoms with Gasteiger partial charge in [0.2, 0.25) is 0 Å². The minimum Gasteiger partial charge on any atom is -0.376 e. The van der Waals surface area contributed by atoms with Gasteiger partial charge >= 0.3 is 0 Å². The number of aromatic nitrogens is 2. The Morgan fingerprint density at radius 1 is 1.35 bits per heavy atom. The smallest absolute Gasteiger partial charge is 0.272 e. The quantitative estimate of drug-likeness (QED) is 0.867. The number of carbonyl (C=O) groups is 1. The fraction of sp³-hybridized carbons (Fsp3) is 0.688. The van der Waals surface area contributed by atoms with Gasteiger partial charge in [0.15, 0.2) is 0 Å². The van der Waals surface area contributed by atoms with E-state index in [-0.39, 0.29) is 12.0 Å². The second-order valence-electron chi connectivity index (χ2n) is 6.03. The summed E-state index contributed by atoms with van der Waals surface area (Å²) in [4.78, 5) is 25.1. The molecule has 0 radical (unpaired) electrons. The van der Waals surface area contributed by atoms with Crippen molar-refractivity contribution in [2.24, 2.45) is 0 Å². The molecule has 1 aromatic rings. The van der Waals surface area contributed by atoms with Gasteiger partial charge in [-0.15, -0.1) is 0 Å². The van der Waals surface area contributed by atoms with E-state index in [1.165, 1.54) is 6.33 Å². The number of ether oxygens (including phenoxy) is 1. The Bertz CT molecular complexity index is 525. The van der Waals surface area contributed by atoms with E-state index in [1.54, 1.807) is 6.07 Å². The van der Waals surface area contributed by atoms with Crippen LogP contribution in [0.5, 0.6) is 0 Å². The number of nitrogens with zero attached hydrogens (tertiary/aromatic N) is 4. The molecule has 1 N–H and O–H groups in total. The molecule has 0 aromatic carbocycles. The predicted octanol–water partition coefficient (Wildman–Crippen LogP) is 0.845. The molecule has 7 nitrogen and oxygen atoms in total. The minimum absolute atomic E-state index is 0.0108. The van der Waals surface area contributed by atoms with Crippen molar-refractivity contribution >= 4 is 11.7 Å². The molecule has 2 fully saturated rings. The van der Waals surface area contributed by atoms with Crippen LogP contribution < -0.4 is 5.32 Å². The highest BCUT2D eigenvalue weighted by atomic mass is 16.5. The van der Waals surface area contributed by atoms with Gasteiger partial charge in [0.1, 0.15) is 17.8 Å². The summed E-state index contributed by atoms with van der Waals surface area (Å²) in [5, 5.41) is 3.25. The van der Waals surface area contributed by atoms with Crippen molar-refractivity contribution in [3.63, 3.8) is 0 Å². The van der Waals surface area contributed by atoms with E-state index in [4.69, 9.17) is 4.74 Å². The normalized spacial score (nSPS) is 22.3. The lowest BCUT2D eigenvalue weighted by molar-refractivity contribution is 0.0637. The zero-order valence-corrected chi connectivity index (χ0v) is 13.7. The largest absolute Gasteiger partial charge is 0.376 e. The van der Waals surface area contributed by atoms with Crippen molar-refractivity contribution in [3.05, 3.63) is 18.1 Å². The maximum absolute atomic E-state index is 12.6. The van der Waals surface area contributed by atoms with Crippen LogP contribution in [-0.4, -0.2) is 77.7 Å². The van der Waals surface area contributed by atoms with Crippen LogP contribution in [0, 0.1) is 0 Å². The van der Waals surface area contributed by atoms with Gasteiger partial charge in [-0.2, -0.15) is 0 Å². The van der Waals surface area contributed by atoms with Gasteiger partial charge in [-0.05, 0) is 19.4 Å². The second-order valence-corrected chi connectivity index (χ2v) is 6.03. The molecule has 0 aliphatic carbocycles. The van der Waals surface area contributed by atoms with Gasteiger partial charge in [0, 0.05) is 45.4 Å². The van der Waals surface area contributed by atoms with Crippen LogP contribution in [0.1, 0.15) is 30.3 Å². The topological polar surface area (TPSA) is 70.6 Å². The highest BCUT2D eigenvalue weighted by Crippen LogP contribution is 2.14. The summed E-state index contributed by atoms with van der Waals surface area (Å²) in [6.45, 7) is 8.11. The molecule has 1 atom stereocenters. The molecule has 126 valence electrons. The van der Waals surface area contributed by atoms with Gasteiger partial charge in [-0.25, -0.2) is 9.97 Å². The van der Waals surface area contributed by atoms with E-state index < -0.39 is 0 Å². The summed E-state index contributed by atoms with van der Waals surface area (Å²) in [6, 6.07) is 1.74. The third-order valence-electron chi connectivity index (χ3n) is 4.53. The van der Waals surface area contributed by atoms with Crippen molar-refractivity contribution in [2.75, 3.05) is 51.2 Å². The fourth-order valence-electron chi connectivity index (χ4n) is 3.02. The molecule has 2 aliphatic heterocycles. The summed E-state index contributed by atoms with van der Waals surface area (Å²) < 4.78 is 5.58. The average molecular weight is 319 g/mol. The number of hydrogen-bond donors (Lipinski definition) is 1. The number of piperazine rings is 1. The average Bonchev–Trinajstić information content (AvgIpc) is 3.13. The van der Waals surface area contributed by atoms with Crippen LogP contribution in [0.25, 0.3) is 0 Å². The van der Waals surface area contributed by atoms with Gasteiger partial charge < -0.3 is 19.9 Å². The van der Waals surface area contributed by atoms with Crippen LogP contribution >= 0.6 is 0 Å². The summed E-state index contributed by atoms with van der Waals surface area (Å²) in [7, 11) is 0. The Hall–Kier alpha value is -1.73. The Kier molecular flexibility index (Phi) is 5.40. The van der Waals surface area contributed by atoms with E-state index in [2.05, 4.69) is 27.1 Å². The molecule has 3 heterocycles. The standard InChI is InChI=1S/C16H25N5O2/c1-2-20-5-7-21(8-6-20)16(22)14-10-15(19-12-18-14)17-11-13-4-3-9-23-13/h10,12-13H,2-9,11H2,1H3,(H,17,18,19). The fourth-order valence-corrected chi connectivity index (χ4v) is 3.02. The van der Waals surface area contributed by atoms with Crippen LogP contribution in [0.15, 0.2) is 12.4 Å². The number of rotatable bonds is 5. The van der Waals surface area contributed by atoms with Crippen molar-refractivity contribution in [2.45, 2.75) is 25.9 Å². The number of nitrogens with one attached hydrogen (secondary N) is 1. The Balaban J connectivity index is 1.56. The Morgan fingerprint density at radius 2 is 2.17 bits per heavy atom. The maximum atomic E-state index is 12.6. The summed E-state index contributed by atoms with van der Waals surface area (Å²) in [5.74, 6) is 0.675. The molecule has 0 saturated carbocycles. The molecule has 0 bridgehead atoms. The number of hydrogen-bond acceptors (Lipinski definition) is 6. The number of likely N-dealkylation sites (N-methyl/N-ethyl adjacent to an activating group) is 1. The van der Waals surface area contributed by atoms with E-state index >= 15 is 0 Å². The Labute approximate surface area is 137 Å². The van der Waals surface area contributed by atoms with Crippen molar-refractivity contribution < 1.29 is 9.53 Å². The van der Waals surface area contributed by atoms with Gasteiger partial charge in [0.05, 0.1) is 6.10 Å². The first kappa shape index (κ1) is 16.1. The van der Waals surface area contributed by atoms with E-state index in [1.807, 2.05) is 4.90 Å². The number of anilines is 1. The van der Waals surface area contributed by atoms with Gasteiger partial charge in [0.25, 0.3) is 5.91 Å². The number of amides is 1. The van der Waals surface area contributed by atoms with E-state index in [0.29, 0.717) is 11.5 Å². The predicted molar refractivity (Wildman–Crippen MR) is 87.5 cm³/mol. The molecule has 3 rings (SSSR count). The SMILES string of the molecule is CCN1CCN(C(=O)c2cc(NCC3CCCO3)ncn2)CC1. The molecule has 2 saturated heterocycles. The molecule has 1 aromatic heterocycles. The van der Waals surface area contributed by atoms with Crippen LogP contribution in [0.3, 0.4) is 0 Å². The zero-order chi connectivity index (χ0) is 16.1. The highest BCUT2D eigenvalue weighted by Gasteiger charge is 2.22. The zero-order valence-electron chi connectivity index (χ0n) is 13.7. The van der Waals surface area contributed by atoms with Crippen molar-refractivity contribution in [1.82, 2.24) is 19.8 Å². The molecule has 2 aliphatic rings. The molecule has 7 heteroatoms. The first-order valence-corrected chi connectivity index (χ1v) is 8.45. The molecule has 0 spiro atoms. The van der Waals surface area contributed by atoms with Crippen molar-refractivity contribution in [1.29, 1.82) is 0 Å². The maximum Gasteiger partial charge on any atom is 0.272 e. The molecule has 1 amide bonds. The van der Waals surface area contributed by atoms with Crippen molar-refractivity contribution in [3.8, 4) is 0 Å². The first-order chi connectivity index (χ1) is 11.3. The lowest BCUT2D eigenvalue weighted by Gasteiger charge is -2.33. The van der Waals surface area contributed by atoms with E-state index in [0.717, 1.165) is 58.7 Å². The summed E-state index contributed by atoms with van der Waals surface area (Å²) in [6.07, 6.45) is 3.88. The third-order valence-corrected chi connectivity index (χ3v) is 4.53. The number of carbonyl (C=O) groups excluding carboxylic acids is 1. The van der Waals surface area contributed by atoms with Gasteiger partial charge in [-0.3, -0.25) is 4.79 Å². The van der Waals surface area contributed by atoms with Gasteiger partial charge in [-0.1, -0.05) is 6.92 Å². The summed E-state index contributed by atoms with van der Waals surface area (Å²) >= 11 is 0. The molecular weight excluding hydrogens is 294 g/mol. The van der Waals surface area contributed by atoms with Crippen LogP contribution in [0.4, 0.5) is 5.82 Å². The van der Waals surface area contributed by atoms with E-state index in [9.17, 15) is 4.79 Å². The lowest BCUT2D eigenvalue weighted by atomic mass is 10.2. The van der Waals surface area contributed by atoms with Crippen LogP contribution in [-0.2, 0) is 4.74 Å². The molecule has 23 heavy (non-hydrogen) atoms. The second kappa shape index (κ2) is 7.70. The third kappa shape index (κ3) is 4.17. The minimum atomic E-state index is -0.0108. The first-order valence-electron chi connectivity index (χ1n) is 8.45. The molecular formula is C16H25N5O2. The van der Waals surface area contributed by atoms with Crippen LogP contribution in [0.2, 0.25) is 0 Å². The monoisotopic (exact) mass is 319 g/mol. The summed E-state index contributed by atoms with van der Waals surface area (Å²) in [5.41, 5.74) is 0.458. The molecule has 1 unspecified atom stereocenters. The highest BCUT2D eigenvalue weighted by molar-refractivity contribution is 5.93. The Morgan fingerprint density at radius 3 is 2.87 bits per heavy atom.